The van der Waals surface area contributed by atoms with Crippen molar-refractivity contribution < 1.29 is 9.13 Å². The molecule has 5 heteroatoms. The average Bonchev–Trinajstić information content (AvgIpc) is 3.35. The Morgan fingerprint density at radius 3 is 2.58 bits per heavy atom. The van der Waals surface area contributed by atoms with Crippen molar-refractivity contribution in [1.82, 2.24) is 14.8 Å². The number of nitrogens with zero attached hydrogens (tertiary/aromatic N) is 3. The molecule has 0 amide bonds. The molecule has 1 unspecified atom stereocenters. The van der Waals surface area contributed by atoms with Gasteiger partial charge in [-0.1, -0.05) is 48.5 Å². The summed E-state index contributed by atoms with van der Waals surface area (Å²) in [5.41, 5.74) is 6.97. The standard InChI is InChI=1S/C26H24FN3O/c1-18-6-5-9-23(28-18)26-25(20-10-12-21(27)13-11-20)24-15-14-22(30(24)29-26)17-31-16-19-7-3-2-4-8-19/h2-13,22H,14-17H2,1H3. The summed E-state index contributed by atoms with van der Waals surface area (Å²) in [7, 11) is 0. The molecule has 0 radical (unpaired) electrons. The first-order chi connectivity index (χ1) is 15.2. The number of benzene rings is 2. The van der Waals surface area contributed by atoms with Gasteiger partial charge in [0.25, 0.3) is 0 Å². The van der Waals surface area contributed by atoms with Crippen molar-refractivity contribution in [2.75, 3.05) is 6.61 Å². The van der Waals surface area contributed by atoms with Gasteiger partial charge in [0.2, 0.25) is 0 Å². The topological polar surface area (TPSA) is 39.9 Å². The summed E-state index contributed by atoms with van der Waals surface area (Å²) in [5.74, 6) is -0.241. The Morgan fingerprint density at radius 1 is 1.00 bits per heavy atom. The van der Waals surface area contributed by atoms with Crippen molar-refractivity contribution in [2.45, 2.75) is 32.4 Å². The Morgan fingerprint density at radius 2 is 1.81 bits per heavy atom. The van der Waals surface area contributed by atoms with Crippen LogP contribution in [0.5, 0.6) is 0 Å². The largest absolute Gasteiger partial charge is 0.375 e. The van der Waals surface area contributed by atoms with Crippen LogP contribution >= 0.6 is 0 Å². The van der Waals surface area contributed by atoms with E-state index in [4.69, 9.17) is 14.8 Å². The van der Waals surface area contributed by atoms with Gasteiger partial charge in [0.05, 0.1) is 24.9 Å². The number of fused-ring (bicyclic) bond motifs is 1. The molecule has 0 spiro atoms. The Kier molecular flexibility index (Phi) is 5.35. The van der Waals surface area contributed by atoms with E-state index in [2.05, 4.69) is 16.8 Å². The average molecular weight is 413 g/mol. The summed E-state index contributed by atoms with van der Waals surface area (Å²) in [6.45, 7) is 3.17. The lowest BCUT2D eigenvalue weighted by Crippen LogP contribution is -2.13. The molecule has 0 saturated heterocycles. The SMILES string of the molecule is Cc1cccc(-c2nn3c(c2-c2ccc(F)cc2)CCC3COCc2ccccc2)n1. The maximum atomic E-state index is 13.6. The van der Waals surface area contributed by atoms with Crippen LogP contribution in [0.25, 0.3) is 22.5 Å². The maximum absolute atomic E-state index is 13.6. The van der Waals surface area contributed by atoms with Gasteiger partial charge in [0, 0.05) is 17.0 Å². The molecule has 2 aromatic heterocycles. The monoisotopic (exact) mass is 413 g/mol. The second kappa shape index (κ2) is 8.44. The van der Waals surface area contributed by atoms with Gasteiger partial charge in [-0.2, -0.15) is 5.10 Å². The van der Waals surface area contributed by atoms with Gasteiger partial charge in [0.1, 0.15) is 11.5 Å². The molecular formula is C26H24FN3O. The second-order valence-corrected chi connectivity index (χ2v) is 7.98. The van der Waals surface area contributed by atoms with Crippen LogP contribution in [-0.4, -0.2) is 21.4 Å². The fraction of sp³-hybridized carbons (Fsp3) is 0.231. The zero-order chi connectivity index (χ0) is 21.2. The van der Waals surface area contributed by atoms with E-state index in [-0.39, 0.29) is 11.9 Å². The highest BCUT2D eigenvalue weighted by Gasteiger charge is 2.30. The van der Waals surface area contributed by atoms with Gasteiger partial charge in [-0.3, -0.25) is 9.67 Å². The molecule has 0 bridgehead atoms. The molecule has 1 aliphatic rings. The third-order valence-corrected chi connectivity index (χ3v) is 5.76. The Bertz CT molecular complexity index is 1190. The molecular weight excluding hydrogens is 389 g/mol. The quantitative estimate of drug-likeness (QED) is 0.403. The predicted molar refractivity (Wildman–Crippen MR) is 119 cm³/mol. The third kappa shape index (κ3) is 4.01. The van der Waals surface area contributed by atoms with Crippen LogP contribution in [0.4, 0.5) is 4.39 Å². The molecule has 1 aliphatic heterocycles. The number of aryl methyl sites for hydroxylation is 1. The van der Waals surface area contributed by atoms with Crippen LogP contribution in [0.15, 0.2) is 72.8 Å². The number of hydrogen-bond acceptors (Lipinski definition) is 3. The number of hydrogen-bond donors (Lipinski definition) is 0. The maximum Gasteiger partial charge on any atom is 0.123 e. The molecule has 0 aliphatic carbocycles. The van der Waals surface area contributed by atoms with Crippen molar-refractivity contribution >= 4 is 0 Å². The molecule has 31 heavy (non-hydrogen) atoms. The first-order valence-electron chi connectivity index (χ1n) is 10.6. The summed E-state index contributed by atoms with van der Waals surface area (Å²) in [6.07, 6.45) is 1.89. The van der Waals surface area contributed by atoms with E-state index in [1.165, 1.54) is 17.8 Å². The minimum Gasteiger partial charge on any atom is -0.375 e. The summed E-state index contributed by atoms with van der Waals surface area (Å²) in [4.78, 5) is 4.71. The molecule has 4 aromatic rings. The number of ether oxygens (including phenoxy) is 1. The van der Waals surface area contributed by atoms with Crippen molar-refractivity contribution in [3.63, 3.8) is 0 Å². The van der Waals surface area contributed by atoms with E-state index in [9.17, 15) is 4.39 Å². The summed E-state index contributed by atoms with van der Waals surface area (Å²) < 4.78 is 21.7. The normalized spacial score (nSPS) is 15.2. The number of pyridine rings is 1. The van der Waals surface area contributed by atoms with E-state index in [1.807, 2.05) is 55.5 Å². The van der Waals surface area contributed by atoms with E-state index < -0.39 is 0 Å². The van der Waals surface area contributed by atoms with Gasteiger partial charge < -0.3 is 4.74 Å². The van der Waals surface area contributed by atoms with Gasteiger partial charge in [0.15, 0.2) is 0 Å². The minimum atomic E-state index is -0.241. The molecule has 3 heterocycles. The molecule has 4 nitrogen and oxygen atoms in total. The van der Waals surface area contributed by atoms with Gasteiger partial charge >= 0.3 is 0 Å². The fourth-order valence-corrected chi connectivity index (χ4v) is 4.25. The van der Waals surface area contributed by atoms with Crippen LogP contribution < -0.4 is 0 Å². The van der Waals surface area contributed by atoms with E-state index >= 15 is 0 Å². The van der Waals surface area contributed by atoms with E-state index in [0.29, 0.717) is 13.2 Å². The first kappa shape index (κ1) is 19.6. The van der Waals surface area contributed by atoms with E-state index in [0.717, 1.165) is 46.6 Å². The predicted octanol–water partition coefficient (Wildman–Crippen LogP) is 5.76. The third-order valence-electron chi connectivity index (χ3n) is 5.76. The number of halogens is 1. The van der Waals surface area contributed by atoms with Gasteiger partial charge in [-0.05, 0) is 55.2 Å². The molecule has 5 rings (SSSR count). The van der Waals surface area contributed by atoms with E-state index in [1.54, 1.807) is 0 Å². The molecule has 156 valence electrons. The highest BCUT2D eigenvalue weighted by molar-refractivity contribution is 5.81. The lowest BCUT2D eigenvalue weighted by molar-refractivity contribution is 0.0889. The van der Waals surface area contributed by atoms with Gasteiger partial charge in [-0.25, -0.2) is 4.39 Å². The smallest absolute Gasteiger partial charge is 0.123 e. The summed E-state index contributed by atoms with van der Waals surface area (Å²) in [5, 5.41) is 4.99. The Labute approximate surface area is 181 Å². The molecule has 0 N–H and O–H groups in total. The lowest BCUT2D eigenvalue weighted by Gasteiger charge is -2.12. The highest BCUT2D eigenvalue weighted by atomic mass is 19.1. The van der Waals surface area contributed by atoms with Crippen LogP contribution in [-0.2, 0) is 17.8 Å². The zero-order valence-electron chi connectivity index (χ0n) is 17.5. The van der Waals surface area contributed by atoms with Gasteiger partial charge in [-0.15, -0.1) is 0 Å². The lowest BCUT2D eigenvalue weighted by atomic mass is 9.99. The van der Waals surface area contributed by atoms with Crippen LogP contribution in [0, 0.1) is 12.7 Å². The molecule has 1 atom stereocenters. The van der Waals surface area contributed by atoms with Crippen LogP contribution in [0.2, 0.25) is 0 Å². The summed E-state index contributed by atoms with van der Waals surface area (Å²) in [6, 6.07) is 23.0. The summed E-state index contributed by atoms with van der Waals surface area (Å²) >= 11 is 0. The highest BCUT2D eigenvalue weighted by Crippen LogP contribution is 2.40. The first-order valence-corrected chi connectivity index (χ1v) is 10.6. The number of rotatable bonds is 6. The van der Waals surface area contributed by atoms with Crippen molar-refractivity contribution in [2.24, 2.45) is 0 Å². The Balaban J connectivity index is 1.48. The minimum absolute atomic E-state index is 0.177. The fourth-order valence-electron chi connectivity index (χ4n) is 4.25. The van der Waals surface area contributed by atoms with Crippen molar-refractivity contribution in [3.05, 3.63) is 95.6 Å². The van der Waals surface area contributed by atoms with Crippen LogP contribution in [0.3, 0.4) is 0 Å². The molecule has 0 fully saturated rings. The number of aromatic nitrogens is 3. The molecule has 0 saturated carbocycles. The van der Waals surface area contributed by atoms with Crippen molar-refractivity contribution in [1.29, 1.82) is 0 Å². The molecule has 2 aromatic carbocycles. The van der Waals surface area contributed by atoms with Crippen LogP contribution in [0.1, 0.15) is 29.4 Å². The second-order valence-electron chi connectivity index (χ2n) is 7.98. The van der Waals surface area contributed by atoms with Crippen molar-refractivity contribution in [3.8, 4) is 22.5 Å². The Hall–Kier alpha value is -3.31. The zero-order valence-corrected chi connectivity index (χ0v) is 17.5.